The van der Waals surface area contributed by atoms with Gasteiger partial charge in [-0.15, -0.1) is 0 Å². The molecule has 0 saturated carbocycles. The fraction of sp³-hybridized carbons (Fsp3) is 0.0870. The van der Waals surface area contributed by atoms with Crippen LogP contribution in [0.4, 0.5) is 0 Å². The fourth-order valence-electron chi connectivity index (χ4n) is 6.28. The third-order valence-electron chi connectivity index (χ3n) is 8.76. The van der Waals surface area contributed by atoms with Gasteiger partial charge < -0.3 is 0 Å². The van der Waals surface area contributed by atoms with Crippen LogP contribution in [-0.2, 0) is 0 Å². The minimum Gasteiger partial charge on any atom is -0.256 e. The summed E-state index contributed by atoms with van der Waals surface area (Å²) in [6.45, 7) is 8.23. The van der Waals surface area contributed by atoms with Gasteiger partial charge in [0.1, 0.15) is 0 Å². The van der Waals surface area contributed by atoms with E-state index in [0.29, 0.717) is 17.5 Å². The number of aryl methyl sites for hydroxylation is 1. The molecule has 8 rings (SSSR count). The molecule has 0 aliphatic carbocycles. The first kappa shape index (κ1) is 32.3. The van der Waals surface area contributed by atoms with Crippen LogP contribution in [-0.4, -0.2) is 19.9 Å². The van der Waals surface area contributed by atoms with Gasteiger partial charge in [0.15, 0.2) is 17.5 Å². The largest absolute Gasteiger partial charge is 0.256 e. The molecule has 8 aromatic rings. The second-order valence-electron chi connectivity index (χ2n) is 12.0. The number of fused-ring (bicyclic) bond motifs is 2. The second-order valence-corrected chi connectivity index (χ2v) is 12.0. The highest BCUT2D eigenvalue weighted by Crippen LogP contribution is 2.35. The molecule has 6 aromatic carbocycles. The predicted molar refractivity (Wildman–Crippen MR) is 211 cm³/mol. The summed E-state index contributed by atoms with van der Waals surface area (Å²) in [4.78, 5) is 19.9. The topological polar surface area (TPSA) is 51.6 Å². The first-order chi connectivity index (χ1) is 24.6. The molecule has 0 atom stereocenters. The summed E-state index contributed by atoms with van der Waals surface area (Å²) in [6.07, 6.45) is 6.24. The molecule has 0 saturated heterocycles. The van der Waals surface area contributed by atoms with Crippen LogP contribution < -0.4 is 0 Å². The Labute approximate surface area is 293 Å². The van der Waals surface area contributed by atoms with Gasteiger partial charge in [0.25, 0.3) is 0 Å². The average molecular weight is 647 g/mol. The molecule has 0 bridgehead atoms. The van der Waals surface area contributed by atoms with Gasteiger partial charge >= 0.3 is 0 Å². The van der Waals surface area contributed by atoms with Crippen molar-refractivity contribution in [2.75, 3.05) is 0 Å². The first-order valence-electron chi connectivity index (χ1n) is 17.2. The van der Waals surface area contributed by atoms with Crippen LogP contribution in [0.2, 0.25) is 0 Å². The molecule has 4 nitrogen and oxygen atoms in total. The van der Waals surface area contributed by atoms with Crippen molar-refractivity contribution in [3.63, 3.8) is 0 Å². The number of rotatable bonds is 6. The smallest absolute Gasteiger partial charge is 0.164 e. The van der Waals surface area contributed by atoms with Gasteiger partial charge in [0.05, 0.1) is 5.69 Å². The van der Waals surface area contributed by atoms with Crippen LogP contribution in [0.25, 0.3) is 84.2 Å². The Balaban J connectivity index is 0.00000193. The van der Waals surface area contributed by atoms with E-state index in [4.69, 9.17) is 19.9 Å². The number of pyridine rings is 1. The van der Waals surface area contributed by atoms with Crippen molar-refractivity contribution >= 4 is 27.6 Å². The molecule has 0 unspecified atom stereocenters. The zero-order chi connectivity index (χ0) is 34.5. The highest BCUT2D eigenvalue weighted by Gasteiger charge is 2.16. The van der Waals surface area contributed by atoms with Crippen molar-refractivity contribution in [3.05, 3.63) is 163 Å². The Kier molecular flexibility index (Phi) is 9.35. The highest BCUT2D eigenvalue weighted by atomic mass is 15.0. The molecule has 242 valence electrons. The van der Waals surface area contributed by atoms with Crippen molar-refractivity contribution in [3.8, 4) is 56.5 Å². The molecular weight excluding hydrogens is 609 g/mol. The van der Waals surface area contributed by atoms with Crippen molar-refractivity contribution < 1.29 is 0 Å². The second kappa shape index (κ2) is 14.5. The van der Waals surface area contributed by atoms with Gasteiger partial charge in [0.2, 0.25) is 0 Å². The summed E-state index contributed by atoms with van der Waals surface area (Å²) >= 11 is 0. The van der Waals surface area contributed by atoms with Crippen molar-refractivity contribution in [2.45, 2.75) is 27.7 Å². The van der Waals surface area contributed by atoms with Crippen LogP contribution in [0.3, 0.4) is 0 Å². The van der Waals surface area contributed by atoms with E-state index in [0.717, 1.165) is 49.8 Å². The molecule has 2 aromatic heterocycles. The number of benzene rings is 6. The fourth-order valence-corrected chi connectivity index (χ4v) is 6.28. The summed E-state index contributed by atoms with van der Waals surface area (Å²) in [5, 5.41) is 4.68. The third-order valence-corrected chi connectivity index (χ3v) is 8.76. The minimum absolute atomic E-state index is 0.610. The summed E-state index contributed by atoms with van der Waals surface area (Å²) in [5.74, 6) is 1.87. The molecule has 0 N–H and O–H groups in total. The first-order valence-corrected chi connectivity index (χ1v) is 17.2. The molecule has 0 radical (unpaired) electrons. The summed E-state index contributed by atoms with van der Waals surface area (Å²) in [7, 11) is 0. The molecule has 0 aliphatic heterocycles. The lowest BCUT2D eigenvalue weighted by atomic mass is 9.93. The maximum atomic E-state index is 5.06. The minimum atomic E-state index is 0.610. The van der Waals surface area contributed by atoms with Crippen LogP contribution in [0.1, 0.15) is 31.9 Å². The van der Waals surface area contributed by atoms with Crippen LogP contribution in [0.15, 0.2) is 152 Å². The Morgan fingerprint density at radius 1 is 0.460 bits per heavy atom. The molecule has 0 fully saturated rings. The van der Waals surface area contributed by atoms with E-state index in [-0.39, 0.29) is 0 Å². The molecule has 0 aliphatic rings. The monoisotopic (exact) mass is 646 g/mol. The lowest BCUT2D eigenvalue weighted by molar-refractivity contribution is 1.07. The van der Waals surface area contributed by atoms with E-state index < -0.39 is 0 Å². The standard InChI is InChI=1S/C44H32N4.C2H6/c1-3-12-39-29(2)19-20-34-23-33(21-22-40(34)39)36-24-37(41-27-32-17-10-11-18-35(32)28-45-41)26-38(25-36)44-47-42(30-13-6-4-7-14-30)46-43(48-44)31-15-8-5-9-16-31;1-2/h3-28H,1-2H3;1-2H3/b12-3-;. The van der Waals surface area contributed by atoms with E-state index in [1.807, 2.05) is 86.8 Å². The summed E-state index contributed by atoms with van der Waals surface area (Å²) in [5.41, 5.74) is 9.35. The van der Waals surface area contributed by atoms with E-state index in [1.54, 1.807) is 0 Å². The molecule has 50 heavy (non-hydrogen) atoms. The number of hydrogen-bond donors (Lipinski definition) is 0. The summed E-state index contributed by atoms with van der Waals surface area (Å²) in [6, 6.07) is 48.3. The SMILES string of the molecule is C/C=C\c1c(C)ccc2cc(-c3cc(-c4cc5ccccc5cn4)cc(-c4nc(-c5ccccc5)nc(-c5ccccc5)n4)c3)ccc12.CC. The quantitative estimate of drug-likeness (QED) is 0.180. The predicted octanol–water partition coefficient (Wildman–Crippen LogP) is 12.3. The Morgan fingerprint density at radius 2 is 1.04 bits per heavy atom. The zero-order valence-electron chi connectivity index (χ0n) is 28.8. The lowest BCUT2D eigenvalue weighted by Gasteiger charge is -2.13. The van der Waals surface area contributed by atoms with Gasteiger partial charge in [-0.05, 0) is 82.6 Å². The molecule has 0 amide bonds. The van der Waals surface area contributed by atoms with Gasteiger partial charge in [-0.1, -0.05) is 135 Å². The number of aromatic nitrogens is 4. The summed E-state index contributed by atoms with van der Waals surface area (Å²) < 4.78 is 0. The van der Waals surface area contributed by atoms with Crippen molar-refractivity contribution in [1.82, 2.24) is 19.9 Å². The van der Waals surface area contributed by atoms with Crippen molar-refractivity contribution in [2.24, 2.45) is 0 Å². The molecular formula is C46H38N4. The molecule has 2 heterocycles. The van der Waals surface area contributed by atoms with E-state index in [1.165, 1.54) is 21.9 Å². The highest BCUT2D eigenvalue weighted by molar-refractivity contribution is 5.95. The Morgan fingerprint density at radius 3 is 1.70 bits per heavy atom. The zero-order valence-corrected chi connectivity index (χ0v) is 28.8. The van der Waals surface area contributed by atoms with Gasteiger partial charge in [-0.3, -0.25) is 4.98 Å². The van der Waals surface area contributed by atoms with Gasteiger partial charge in [0, 0.05) is 33.8 Å². The maximum absolute atomic E-state index is 5.06. The van der Waals surface area contributed by atoms with E-state index in [2.05, 4.69) is 98.8 Å². The van der Waals surface area contributed by atoms with Crippen LogP contribution >= 0.6 is 0 Å². The van der Waals surface area contributed by atoms with Gasteiger partial charge in [-0.25, -0.2) is 15.0 Å². The third kappa shape index (κ3) is 6.56. The number of hydrogen-bond acceptors (Lipinski definition) is 4. The van der Waals surface area contributed by atoms with Crippen molar-refractivity contribution in [1.29, 1.82) is 0 Å². The Bertz CT molecular complexity index is 2410. The normalized spacial score (nSPS) is 11.1. The number of allylic oxidation sites excluding steroid dienone is 1. The van der Waals surface area contributed by atoms with Gasteiger partial charge in [-0.2, -0.15) is 0 Å². The molecule has 4 heteroatoms. The van der Waals surface area contributed by atoms with Crippen LogP contribution in [0.5, 0.6) is 0 Å². The van der Waals surface area contributed by atoms with E-state index >= 15 is 0 Å². The lowest BCUT2D eigenvalue weighted by Crippen LogP contribution is -2.00. The number of nitrogens with zero attached hydrogens (tertiary/aromatic N) is 4. The average Bonchev–Trinajstić information content (AvgIpc) is 3.19. The molecule has 0 spiro atoms. The van der Waals surface area contributed by atoms with Crippen LogP contribution in [0, 0.1) is 6.92 Å². The van der Waals surface area contributed by atoms with E-state index in [9.17, 15) is 0 Å². The Hall–Kier alpha value is -6.26. The maximum Gasteiger partial charge on any atom is 0.164 e.